The van der Waals surface area contributed by atoms with Gasteiger partial charge in [0.25, 0.3) is 0 Å². The van der Waals surface area contributed by atoms with Crippen molar-refractivity contribution in [2.75, 3.05) is 14.2 Å². The Balaban J connectivity index is 2.37. The van der Waals surface area contributed by atoms with Gasteiger partial charge in [-0.25, -0.2) is 0 Å². The normalized spacial score (nSPS) is 9.89. The van der Waals surface area contributed by atoms with E-state index in [1.54, 1.807) is 31.4 Å². The van der Waals surface area contributed by atoms with E-state index in [1.807, 2.05) is 12.1 Å². The van der Waals surface area contributed by atoms with Crippen molar-refractivity contribution >= 4 is 0 Å². The highest BCUT2D eigenvalue weighted by molar-refractivity contribution is 5.53. The van der Waals surface area contributed by atoms with Crippen LogP contribution >= 0.6 is 0 Å². The minimum atomic E-state index is 0.0323. The molecule has 2 rings (SSSR count). The summed E-state index contributed by atoms with van der Waals surface area (Å²) in [6, 6.07) is 12.2. The van der Waals surface area contributed by atoms with Crippen molar-refractivity contribution in [3.63, 3.8) is 0 Å². The van der Waals surface area contributed by atoms with E-state index in [9.17, 15) is 5.11 Å². The lowest BCUT2D eigenvalue weighted by atomic mass is 10.3. The number of phenols is 1. The van der Waals surface area contributed by atoms with Gasteiger partial charge in [0.2, 0.25) is 5.75 Å². The number of aromatic hydroxyl groups is 1. The molecule has 4 nitrogen and oxygen atoms in total. The van der Waals surface area contributed by atoms with Crippen LogP contribution in [0, 0.1) is 0 Å². The van der Waals surface area contributed by atoms with Crippen molar-refractivity contribution < 1.29 is 19.3 Å². The third kappa shape index (κ3) is 2.32. The average Bonchev–Trinajstić information content (AvgIpc) is 2.40. The Kier molecular flexibility index (Phi) is 3.57. The molecule has 0 aliphatic carbocycles. The predicted octanol–water partition coefficient (Wildman–Crippen LogP) is 3.20. The molecule has 0 atom stereocenters. The van der Waals surface area contributed by atoms with E-state index in [0.717, 1.165) is 0 Å². The molecule has 0 saturated heterocycles. The zero-order valence-electron chi connectivity index (χ0n) is 10.2. The molecule has 2 aromatic rings. The van der Waals surface area contributed by atoms with Gasteiger partial charge >= 0.3 is 0 Å². The maximum absolute atomic E-state index is 9.66. The summed E-state index contributed by atoms with van der Waals surface area (Å²) in [5, 5.41) is 9.66. The highest BCUT2D eigenvalue weighted by Crippen LogP contribution is 2.40. The number of para-hydroxylation sites is 3. The Morgan fingerprint density at radius 3 is 2.11 bits per heavy atom. The molecule has 0 amide bonds. The van der Waals surface area contributed by atoms with Crippen molar-refractivity contribution in [3.05, 3.63) is 42.5 Å². The van der Waals surface area contributed by atoms with Crippen molar-refractivity contribution in [3.8, 4) is 28.7 Å². The number of methoxy groups -OCH3 is 2. The van der Waals surface area contributed by atoms with Crippen molar-refractivity contribution in [1.82, 2.24) is 0 Å². The maximum Gasteiger partial charge on any atom is 0.203 e. The SMILES string of the molecule is COc1ccccc1Oc1cccc(O)c1OC. The van der Waals surface area contributed by atoms with Crippen LogP contribution in [0.1, 0.15) is 0 Å². The third-order valence-corrected chi connectivity index (χ3v) is 2.45. The van der Waals surface area contributed by atoms with E-state index in [0.29, 0.717) is 23.0 Å². The van der Waals surface area contributed by atoms with Crippen LogP contribution in [0.3, 0.4) is 0 Å². The number of phenolic OH excluding ortho intramolecular Hbond substituents is 1. The molecule has 0 aliphatic rings. The minimum absolute atomic E-state index is 0.0323. The Labute approximate surface area is 105 Å². The van der Waals surface area contributed by atoms with Gasteiger partial charge in [-0.1, -0.05) is 18.2 Å². The zero-order valence-corrected chi connectivity index (χ0v) is 10.2. The summed E-state index contributed by atoms with van der Waals surface area (Å²) in [6.45, 7) is 0. The van der Waals surface area contributed by atoms with Crippen molar-refractivity contribution in [2.45, 2.75) is 0 Å². The molecular weight excluding hydrogens is 232 g/mol. The molecule has 18 heavy (non-hydrogen) atoms. The van der Waals surface area contributed by atoms with Crippen LogP contribution in [0.15, 0.2) is 42.5 Å². The molecule has 94 valence electrons. The summed E-state index contributed by atoms with van der Waals surface area (Å²) < 4.78 is 16.0. The molecule has 4 heteroatoms. The van der Waals surface area contributed by atoms with Gasteiger partial charge < -0.3 is 19.3 Å². The van der Waals surface area contributed by atoms with Crippen LogP contribution in [0.25, 0.3) is 0 Å². The number of rotatable bonds is 4. The first kappa shape index (κ1) is 12.1. The van der Waals surface area contributed by atoms with E-state index in [2.05, 4.69) is 0 Å². The quantitative estimate of drug-likeness (QED) is 0.899. The van der Waals surface area contributed by atoms with Gasteiger partial charge in [0, 0.05) is 0 Å². The fourth-order valence-corrected chi connectivity index (χ4v) is 1.61. The Morgan fingerprint density at radius 2 is 1.44 bits per heavy atom. The largest absolute Gasteiger partial charge is 0.504 e. The summed E-state index contributed by atoms with van der Waals surface area (Å²) in [6.07, 6.45) is 0. The van der Waals surface area contributed by atoms with Gasteiger partial charge in [0.1, 0.15) is 0 Å². The van der Waals surface area contributed by atoms with Crippen molar-refractivity contribution in [2.24, 2.45) is 0 Å². The first-order chi connectivity index (χ1) is 8.76. The summed E-state index contributed by atoms with van der Waals surface area (Å²) in [5.41, 5.74) is 0. The van der Waals surface area contributed by atoms with Crippen LogP contribution in [-0.2, 0) is 0 Å². The lowest BCUT2D eigenvalue weighted by Gasteiger charge is -2.13. The van der Waals surface area contributed by atoms with E-state index in [-0.39, 0.29) is 5.75 Å². The van der Waals surface area contributed by atoms with Crippen molar-refractivity contribution in [1.29, 1.82) is 0 Å². The molecule has 0 bridgehead atoms. The minimum Gasteiger partial charge on any atom is -0.504 e. The predicted molar refractivity (Wildman–Crippen MR) is 67.7 cm³/mol. The summed E-state index contributed by atoms with van der Waals surface area (Å²) in [4.78, 5) is 0. The molecule has 0 radical (unpaired) electrons. The third-order valence-electron chi connectivity index (χ3n) is 2.45. The fourth-order valence-electron chi connectivity index (χ4n) is 1.61. The number of hydrogen-bond donors (Lipinski definition) is 1. The standard InChI is InChI=1S/C14H14O4/c1-16-11-7-3-4-8-12(11)18-13-9-5-6-10(15)14(13)17-2/h3-9,15H,1-2H3. The monoisotopic (exact) mass is 246 g/mol. The van der Waals surface area contributed by atoms with E-state index >= 15 is 0 Å². The van der Waals surface area contributed by atoms with E-state index < -0.39 is 0 Å². The second kappa shape index (κ2) is 5.31. The van der Waals surface area contributed by atoms with Crippen LogP contribution in [0.5, 0.6) is 28.7 Å². The van der Waals surface area contributed by atoms with Crippen LogP contribution in [-0.4, -0.2) is 19.3 Å². The molecular formula is C14H14O4. The van der Waals surface area contributed by atoms with E-state index in [4.69, 9.17) is 14.2 Å². The number of benzene rings is 2. The Hall–Kier alpha value is -2.36. The van der Waals surface area contributed by atoms with Crippen LogP contribution in [0.4, 0.5) is 0 Å². The summed E-state index contributed by atoms with van der Waals surface area (Å²) >= 11 is 0. The summed E-state index contributed by atoms with van der Waals surface area (Å²) in [7, 11) is 3.05. The lowest BCUT2D eigenvalue weighted by molar-refractivity contribution is 0.338. The topological polar surface area (TPSA) is 47.9 Å². The molecule has 2 aromatic carbocycles. The zero-order chi connectivity index (χ0) is 13.0. The second-order valence-corrected chi connectivity index (χ2v) is 3.56. The number of ether oxygens (including phenoxy) is 3. The first-order valence-electron chi connectivity index (χ1n) is 5.43. The van der Waals surface area contributed by atoms with E-state index in [1.165, 1.54) is 13.2 Å². The molecule has 0 fully saturated rings. The molecule has 0 aliphatic heterocycles. The van der Waals surface area contributed by atoms with Crippen LogP contribution in [0.2, 0.25) is 0 Å². The first-order valence-corrected chi connectivity index (χ1v) is 5.43. The van der Waals surface area contributed by atoms with Gasteiger partial charge in [-0.3, -0.25) is 0 Å². The van der Waals surface area contributed by atoms with Gasteiger partial charge in [-0.05, 0) is 24.3 Å². The van der Waals surface area contributed by atoms with Crippen LogP contribution < -0.4 is 14.2 Å². The maximum atomic E-state index is 9.66. The van der Waals surface area contributed by atoms with Gasteiger partial charge in [0.15, 0.2) is 23.0 Å². The van der Waals surface area contributed by atoms with Gasteiger partial charge in [-0.2, -0.15) is 0 Å². The Morgan fingerprint density at radius 1 is 0.778 bits per heavy atom. The lowest BCUT2D eigenvalue weighted by Crippen LogP contribution is -1.93. The average molecular weight is 246 g/mol. The molecule has 0 heterocycles. The smallest absolute Gasteiger partial charge is 0.203 e. The highest BCUT2D eigenvalue weighted by atomic mass is 16.5. The number of hydrogen-bond acceptors (Lipinski definition) is 4. The molecule has 0 saturated carbocycles. The fraction of sp³-hybridized carbons (Fsp3) is 0.143. The summed E-state index contributed by atoms with van der Waals surface area (Å²) in [5.74, 6) is 1.93. The molecule has 0 aromatic heterocycles. The highest BCUT2D eigenvalue weighted by Gasteiger charge is 2.12. The second-order valence-electron chi connectivity index (χ2n) is 3.56. The van der Waals surface area contributed by atoms with Gasteiger partial charge in [-0.15, -0.1) is 0 Å². The molecule has 0 spiro atoms. The Bertz CT molecular complexity index is 537. The van der Waals surface area contributed by atoms with Gasteiger partial charge in [0.05, 0.1) is 14.2 Å². The molecule has 1 N–H and O–H groups in total. The molecule has 0 unspecified atom stereocenters.